The minimum absolute atomic E-state index is 0.0492. The predicted octanol–water partition coefficient (Wildman–Crippen LogP) is 2.47. The van der Waals surface area contributed by atoms with Crippen molar-refractivity contribution < 1.29 is 9.53 Å². The summed E-state index contributed by atoms with van der Waals surface area (Å²) in [6, 6.07) is 13.9. The number of ether oxygens (including phenoxy) is 1. The normalized spacial score (nSPS) is 16.3. The highest BCUT2D eigenvalue weighted by atomic mass is 16.6. The summed E-state index contributed by atoms with van der Waals surface area (Å²) < 4.78 is 5.40. The zero-order valence-corrected chi connectivity index (χ0v) is 14.9. The SMILES string of the molecule is NC(CNC1CCN(C(=O)OCc2ccccc2)CC1)c1ccncc1. The highest BCUT2D eigenvalue weighted by Crippen LogP contribution is 2.14. The maximum atomic E-state index is 12.2. The van der Waals surface area contributed by atoms with Crippen molar-refractivity contribution in [2.24, 2.45) is 5.73 Å². The first-order valence-corrected chi connectivity index (χ1v) is 9.07. The van der Waals surface area contributed by atoms with E-state index in [1.54, 1.807) is 17.3 Å². The van der Waals surface area contributed by atoms with Gasteiger partial charge >= 0.3 is 6.09 Å². The zero-order chi connectivity index (χ0) is 18.2. The molecule has 0 spiro atoms. The molecule has 0 bridgehead atoms. The van der Waals surface area contributed by atoms with E-state index in [9.17, 15) is 4.79 Å². The summed E-state index contributed by atoms with van der Waals surface area (Å²) in [4.78, 5) is 18.0. The molecular weight excluding hydrogens is 328 g/mol. The zero-order valence-electron chi connectivity index (χ0n) is 14.9. The number of carbonyl (C=O) groups excluding carboxylic acids is 1. The van der Waals surface area contributed by atoms with Crippen molar-refractivity contribution >= 4 is 6.09 Å². The lowest BCUT2D eigenvalue weighted by Gasteiger charge is -2.32. The molecule has 3 N–H and O–H groups in total. The van der Waals surface area contributed by atoms with E-state index in [0.29, 0.717) is 32.3 Å². The van der Waals surface area contributed by atoms with Crippen LogP contribution in [0.15, 0.2) is 54.9 Å². The van der Waals surface area contributed by atoms with Crippen LogP contribution in [0.25, 0.3) is 0 Å². The van der Waals surface area contributed by atoms with Crippen molar-refractivity contribution in [3.63, 3.8) is 0 Å². The molecule has 2 heterocycles. The molecule has 1 aromatic heterocycles. The number of hydrogen-bond acceptors (Lipinski definition) is 5. The van der Waals surface area contributed by atoms with Gasteiger partial charge in [0.25, 0.3) is 0 Å². The molecule has 1 aliphatic heterocycles. The summed E-state index contributed by atoms with van der Waals surface area (Å²) in [5.41, 5.74) is 8.29. The molecule has 1 saturated heterocycles. The fraction of sp³-hybridized carbons (Fsp3) is 0.400. The van der Waals surface area contributed by atoms with E-state index in [4.69, 9.17) is 10.5 Å². The van der Waals surface area contributed by atoms with Gasteiger partial charge in [-0.15, -0.1) is 0 Å². The molecular formula is C20H26N4O2. The van der Waals surface area contributed by atoms with Gasteiger partial charge in [-0.25, -0.2) is 4.79 Å². The molecule has 1 atom stereocenters. The van der Waals surface area contributed by atoms with Gasteiger partial charge in [0, 0.05) is 44.1 Å². The number of hydrogen-bond donors (Lipinski definition) is 2. The van der Waals surface area contributed by atoms with Gasteiger partial charge in [0.1, 0.15) is 6.61 Å². The van der Waals surface area contributed by atoms with Crippen molar-refractivity contribution in [1.29, 1.82) is 0 Å². The van der Waals surface area contributed by atoms with Crippen LogP contribution in [0.3, 0.4) is 0 Å². The van der Waals surface area contributed by atoms with Gasteiger partial charge in [-0.3, -0.25) is 4.98 Å². The molecule has 6 nitrogen and oxygen atoms in total. The summed E-state index contributed by atoms with van der Waals surface area (Å²) in [7, 11) is 0. The number of benzene rings is 1. The molecule has 2 aromatic rings. The number of nitrogens with zero attached hydrogens (tertiary/aromatic N) is 2. The Morgan fingerprint density at radius 1 is 1.19 bits per heavy atom. The molecule has 0 radical (unpaired) electrons. The van der Waals surface area contributed by atoms with Crippen LogP contribution in [-0.4, -0.2) is 41.7 Å². The van der Waals surface area contributed by atoms with E-state index in [1.807, 2.05) is 42.5 Å². The average molecular weight is 354 g/mol. The smallest absolute Gasteiger partial charge is 0.410 e. The highest BCUT2D eigenvalue weighted by Gasteiger charge is 2.23. The Kier molecular flexibility index (Phi) is 6.57. The molecule has 26 heavy (non-hydrogen) atoms. The van der Waals surface area contributed by atoms with Crippen LogP contribution in [0.2, 0.25) is 0 Å². The summed E-state index contributed by atoms with van der Waals surface area (Å²) in [5, 5.41) is 3.51. The van der Waals surface area contributed by atoms with E-state index in [0.717, 1.165) is 24.0 Å². The molecule has 0 aliphatic carbocycles. The molecule has 138 valence electrons. The van der Waals surface area contributed by atoms with Crippen molar-refractivity contribution in [2.75, 3.05) is 19.6 Å². The Hall–Kier alpha value is -2.44. The Labute approximate surface area is 154 Å². The monoisotopic (exact) mass is 354 g/mol. The second-order valence-electron chi connectivity index (χ2n) is 6.60. The third kappa shape index (κ3) is 5.28. The topological polar surface area (TPSA) is 80.5 Å². The first-order valence-electron chi connectivity index (χ1n) is 9.07. The molecule has 1 amide bonds. The largest absolute Gasteiger partial charge is 0.445 e. The molecule has 0 saturated carbocycles. The van der Waals surface area contributed by atoms with E-state index >= 15 is 0 Å². The summed E-state index contributed by atoms with van der Waals surface area (Å²) in [5.74, 6) is 0. The first kappa shape index (κ1) is 18.4. The Morgan fingerprint density at radius 2 is 1.88 bits per heavy atom. The van der Waals surface area contributed by atoms with Crippen LogP contribution in [0.4, 0.5) is 4.79 Å². The van der Waals surface area contributed by atoms with Gasteiger partial charge in [0.2, 0.25) is 0 Å². The van der Waals surface area contributed by atoms with Gasteiger partial charge < -0.3 is 20.7 Å². The van der Waals surface area contributed by atoms with Crippen molar-refractivity contribution in [2.45, 2.75) is 31.5 Å². The molecule has 3 rings (SSSR count). The third-order valence-electron chi connectivity index (χ3n) is 4.72. The summed E-state index contributed by atoms with van der Waals surface area (Å²) in [6.45, 7) is 2.44. The number of likely N-dealkylation sites (tertiary alicyclic amines) is 1. The standard InChI is InChI=1S/C20H26N4O2/c21-19(17-6-10-22-11-7-17)14-23-18-8-12-24(13-9-18)20(25)26-15-16-4-2-1-3-5-16/h1-7,10-11,18-19,23H,8-9,12-15,21H2. The number of carbonyl (C=O) groups is 1. The number of amides is 1. The Balaban J connectivity index is 1.36. The third-order valence-corrected chi connectivity index (χ3v) is 4.72. The van der Waals surface area contributed by atoms with Gasteiger partial charge in [-0.05, 0) is 36.1 Å². The van der Waals surface area contributed by atoms with Crippen molar-refractivity contribution in [3.8, 4) is 0 Å². The van der Waals surface area contributed by atoms with Gasteiger partial charge in [0.05, 0.1) is 0 Å². The number of nitrogens with two attached hydrogens (primary N) is 1. The lowest BCUT2D eigenvalue weighted by molar-refractivity contribution is 0.0852. The Bertz CT molecular complexity index is 673. The predicted molar refractivity (Wildman–Crippen MR) is 100 cm³/mol. The average Bonchev–Trinajstić information content (AvgIpc) is 2.72. The van der Waals surface area contributed by atoms with Crippen LogP contribution < -0.4 is 11.1 Å². The van der Waals surface area contributed by atoms with Gasteiger partial charge in [0.15, 0.2) is 0 Å². The number of rotatable bonds is 6. The molecule has 1 fully saturated rings. The number of aromatic nitrogens is 1. The van der Waals surface area contributed by atoms with Crippen LogP contribution in [0, 0.1) is 0 Å². The lowest BCUT2D eigenvalue weighted by atomic mass is 10.0. The van der Waals surface area contributed by atoms with Crippen LogP contribution >= 0.6 is 0 Å². The second kappa shape index (κ2) is 9.31. The first-order chi connectivity index (χ1) is 12.7. The van der Waals surface area contributed by atoms with Gasteiger partial charge in [-0.2, -0.15) is 0 Å². The molecule has 1 aromatic carbocycles. The molecule has 1 unspecified atom stereocenters. The Morgan fingerprint density at radius 3 is 2.58 bits per heavy atom. The van der Waals surface area contributed by atoms with E-state index in [1.165, 1.54) is 0 Å². The summed E-state index contributed by atoms with van der Waals surface area (Å²) >= 11 is 0. The minimum atomic E-state index is -0.235. The summed E-state index contributed by atoms with van der Waals surface area (Å²) in [6.07, 6.45) is 5.09. The molecule has 1 aliphatic rings. The van der Waals surface area contributed by atoms with Gasteiger partial charge in [-0.1, -0.05) is 30.3 Å². The second-order valence-corrected chi connectivity index (χ2v) is 6.60. The fourth-order valence-electron chi connectivity index (χ4n) is 3.10. The minimum Gasteiger partial charge on any atom is -0.445 e. The van der Waals surface area contributed by atoms with Crippen LogP contribution in [0.1, 0.15) is 30.0 Å². The maximum absolute atomic E-state index is 12.2. The quantitative estimate of drug-likeness (QED) is 0.833. The molecule has 6 heteroatoms. The van der Waals surface area contributed by atoms with Crippen LogP contribution in [0.5, 0.6) is 0 Å². The van der Waals surface area contributed by atoms with Crippen LogP contribution in [-0.2, 0) is 11.3 Å². The van der Waals surface area contributed by atoms with E-state index < -0.39 is 0 Å². The lowest BCUT2D eigenvalue weighted by Crippen LogP contribution is -2.46. The number of pyridine rings is 1. The van der Waals surface area contributed by atoms with Crippen molar-refractivity contribution in [3.05, 3.63) is 66.0 Å². The maximum Gasteiger partial charge on any atom is 0.410 e. The van der Waals surface area contributed by atoms with E-state index in [2.05, 4.69) is 10.3 Å². The fourth-order valence-corrected chi connectivity index (χ4v) is 3.10. The number of nitrogens with one attached hydrogen (secondary N) is 1. The number of piperidine rings is 1. The van der Waals surface area contributed by atoms with E-state index in [-0.39, 0.29) is 12.1 Å². The highest BCUT2D eigenvalue weighted by molar-refractivity contribution is 5.67. The van der Waals surface area contributed by atoms with Crippen molar-refractivity contribution in [1.82, 2.24) is 15.2 Å².